The van der Waals surface area contributed by atoms with Gasteiger partial charge in [0, 0.05) is 21.6 Å². The van der Waals surface area contributed by atoms with Crippen LogP contribution in [0.3, 0.4) is 0 Å². The molecule has 0 aliphatic carbocycles. The Kier molecular flexibility index (Phi) is 6.46. The standard InChI is InChI=1S/C12H18ClNO3S2/c1-10(11-5-3-6-12(13)9-11)18(15)7-4-8-19(16,17)14-2/h3,5-6,9-10,14H,4,7-8H2,1-2H3/t10-,18+/m0/s1. The molecule has 1 aromatic carbocycles. The van der Waals surface area contributed by atoms with E-state index in [9.17, 15) is 12.6 Å². The van der Waals surface area contributed by atoms with Gasteiger partial charge in [0.25, 0.3) is 0 Å². The van der Waals surface area contributed by atoms with E-state index in [4.69, 9.17) is 11.6 Å². The summed E-state index contributed by atoms with van der Waals surface area (Å²) in [5, 5.41) is 0.454. The number of rotatable bonds is 7. The van der Waals surface area contributed by atoms with E-state index in [1.165, 1.54) is 7.05 Å². The maximum atomic E-state index is 12.1. The molecule has 7 heteroatoms. The normalized spacial score (nSPS) is 15.1. The zero-order chi connectivity index (χ0) is 14.5. The van der Waals surface area contributed by atoms with Crippen molar-refractivity contribution in [2.75, 3.05) is 18.6 Å². The van der Waals surface area contributed by atoms with E-state index in [1.54, 1.807) is 12.1 Å². The Hall–Kier alpha value is -0.430. The number of hydrogen-bond acceptors (Lipinski definition) is 3. The smallest absolute Gasteiger partial charge is 0.211 e. The first-order valence-corrected chi connectivity index (χ1v) is 9.31. The Morgan fingerprint density at radius 3 is 2.68 bits per heavy atom. The second-order valence-corrected chi connectivity index (χ2v) is 8.52. The van der Waals surface area contributed by atoms with Crippen LogP contribution in [-0.2, 0) is 20.8 Å². The molecule has 1 aromatic rings. The topological polar surface area (TPSA) is 63.2 Å². The monoisotopic (exact) mass is 323 g/mol. The van der Waals surface area contributed by atoms with Crippen LogP contribution in [0.5, 0.6) is 0 Å². The highest BCUT2D eigenvalue weighted by molar-refractivity contribution is 7.89. The van der Waals surface area contributed by atoms with Crippen LogP contribution >= 0.6 is 11.6 Å². The zero-order valence-corrected chi connectivity index (χ0v) is 13.3. The Morgan fingerprint density at radius 2 is 2.11 bits per heavy atom. The minimum atomic E-state index is -3.22. The number of halogens is 1. The summed E-state index contributed by atoms with van der Waals surface area (Å²) in [6, 6.07) is 7.24. The fraction of sp³-hybridized carbons (Fsp3) is 0.500. The predicted octanol–water partition coefficient (Wildman–Crippen LogP) is 2.09. The molecular weight excluding hydrogens is 306 g/mol. The van der Waals surface area contributed by atoms with Crippen molar-refractivity contribution in [3.05, 3.63) is 34.9 Å². The molecule has 0 bridgehead atoms. The van der Waals surface area contributed by atoms with Crippen molar-refractivity contribution in [3.8, 4) is 0 Å². The van der Waals surface area contributed by atoms with Crippen molar-refractivity contribution < 1.29 is 12.6 Å². The van der Waals surface area contributed by atoms with E-state index in [0.717, 1.165) is 5.56 Å². The van der Waals surface area contributed by atoms with Crippen molar-refractivity contribution in [1.82, 2.24) is 4.72 Å². The molecule has 4 nitrogen and oxygen atoms in total. The van der Waals surface area contributed by atoms with Crippen LogP contribution in [0.1, 0.15) is 24.2 Å². The molecule has 0 saturated carbocycles. The number of nitrogens with one attached hydrogen (secondary N) is 1. The van der Waals surface area contributed by atoms with Gasteiger partial charge in [0.2, 0.25) is 10.0 Å². The lowest BCUT2D eigenvalue weighted by molar-refractivity contribution is 0.587. The minimum absolute atomic E-state index is 0.00247. The van der Waals surface area contributed by atoms with Gasteiger partial charge >= 0.3 is 0 Å². The van der Waals surface area contributed by atoms with Crippen LogP contribution in [0.2, 0.25) is 5.02 Å². The predicted molar refractivity (Wildman–Crippen MR) is 80.3 cm³/mol. The van der Waals surface area contributed by atoms with Crippen LogP contribution < -0.4 is 4.72 Å². The van der Waals surface area contributed by atoms with Gasteiger partial charge in [0.15, 0.2) is 0 Å². The van der Waals surface area contributed by atoms with Gasteiger partial charge in [-0.25, -0.2) is 13.1 Å². The first-order chi connectivity index (χ1) is 8.85. The van der Waals surface area contributed by atoms with E-state index >= 15 is 0 Å². The summed E-state index contributed by atoms with van der Waals surface area (Å²) in [6.45, 7) is 1.86. The molecule has 108 valence electrons. The SMILES string of the molecule is CNS(=O)(=O)CCC[S@@](=O)[C@@H](C)c1cccc(Cl)c1. The lowest BCUT2D eigenvalue weighted by atomic mass is 10.2. The third-order valence-corrected chi connectivity index (χ3v) is 6.22. The molecule has 0 aliphatic rings. The molecule has 0 spiro atoms. The van der Waals surface area contributed by atoms with Crippen LogP contribution in [0, 0.1) is 0 Å². The second-order valence-electron chi connectivity index (χ2n) is 4.16. The highest BCUT2D eigenvalue weighted by Gasteiger charge is 2.15. The Labute approximate surface area is 122 Å². The molecule has 0 unspecified atom stereocenters. The van der Waals surface area contributed by atoms with Crippen LogP contribution in [0.4, 0.5) is 0 Å². The van der Waals surface area contributed by atoms with Crippen molar-refractivity contribution in [1.29, 1.82) is 0 Å². The summed E-state index contributed by atoms with van der Waals surface area (Å²) in [6.07, 6.45) is 0.376. The van der Waals surface area contributed by atoms with Crippen molar-refractivity contribution >= 4 is 32.4 Å². The molecule has 0 heterocycles. The molecule has 19 heavy (non-hydrogen) atoms. The fourth-order valence-electron chi connectivity index (χ4n) is 1.58. The molecule has 1 N–H and O–H groups in total. The van der Waals surface area contributed by atoms with Gasteiger partial charge in [-0.2, -0.15) is 0 Å². The average Bonchev–Trinajstić information content (AvgIpc) is 2.37. The van der Waals surface area contributed by atoms with Gasteiger partial charge in [-0.1, -0.05) is 23.7 Å². The van der Waals surface area contributed by atoms with E-state index in [2.05, 4.69) is 4.72 Å². The third kappa shape index (κ3) is 5.60. The van der Waals surface area contributed by atoms with Crippen molar-refractivity contribution in [2.45, 2.75) is 18.6 Å². The first-order valence-electron chi connectivity index (χ1n) is 5.89. The molecule has 0 aliphatic heterocycles. The van der Waals surface area contributed by atoms with E-state index in [0.29, 0.717) is 17.2 Å². The van der Waals surface area contributed by atoms with Gasteiger partial charge in [0.1, 0.15) is 0 Å². The summed E-state index contributed by atoms with van der Waals surface area (Å²) in [7, 11) is -2.95. The Balaban J connectivity index is 2.54. The quantitative estimate of drug-likeness (QED) is 0.835. The average molecular weight is 324 g/mol. The lowest BCUT2D eigenvalue weighted by Crippen LogP contribution is -2.23. The third-order valence-electron chi connectivity index (χ3n) is 2.78. The van der Waals surface area contributed by atoms with E-state index in [1.807, 2.05) is 19.1 Å². The summed E-state index contributed by atoms with van der Waals surface area (Å²) in [4.78, 5) is 0. The number of sulfonamides is 1. The Bertz CT molecular complexity index is 546. The summed E-state index contributed by atoms with van der Waals surface area (Å²) >= 11 is 5.89. The maximum Gasteiger partial charge on any atom is 0.211 e. The summed E-state index contributed by atoms with van der Waals surface area (Å²) in [5.41, 5.74) is 0.905. The largest absolute Gasteiger partial charge is 0.259 e. The molecule has 2 atom stereocenters. The zero-order valence-electron chi connectivity index (χ0n) is 10.9. The highest BCUT2D eigenvalue weighted by atomic mass is 35.5. The fourth-order valence-corrected chi connectivity index (χ4v) is 3.92. The molecule has 0 saturated heterocycles. The van der Waals surface area contributed by atoms with Crippen LogP contribution in [0.15, 0.2) is 24.3 Å². The van der Waals surface area contributed by atoms with Crippen LogP contribution in [-0.4, -0.2) is 31.2 Å². The summed E-state index contributed by atoms with van der Waals surface area (Å²) in [5.74, 6) is 0.353. The summed E-state index contributed by atoms with van der Waals surface area (Å²) < 4.78 is 36.8. The van der Waals surface area contributed by atoms with E-state index in [-0.39, 0.29) is 11.0 Å². The molecule has 0 radical (unpaired) electrons. The van der Waals surface area contributed by atoms with E-state index < -0.39 is 20.8 Å². The minimum Gasteiger partial charge on any atom is -0.259 e. The van der Waals surface area contributed by atoms with Crippen molar-refractivity contribution in [3.63, 3.8) is 0 Å². The molecule has 0 fully saturated rings. The molecule has 0 amide bonds. The van der Waals surface area contributed by atoms with Crippen molar-refractivity contribution in [2.24, 2.45) is 0 Å². The highest BCUT2D eigenvalue weighted by Crippen LogP contribution is 2.22. The number of benzene rings is 1. The first kappa shape index (κ1) is 16.6. The second kappa shape index (κ2) is 7.38. The lowest BCUT2D eigenvalue weighted by Gasteiger charge is -2.12. The number of hydrogen-bond donors (Lipinski definition) is 1. The molecular formula is C12H18ClNO3S2. The Morgan fingerprint density at radius 1 is 1.42 bits per heavy atom. The molecule has 0 aromatic heterocycles. The molecule has 1 rings (SSSR count). The van der Waals surface area contributed by atoms with Gasteiger partial charge in [-0.3, -0.25) is 4.21 Å². The maximum absolute atomic E-state index is 12.1. The van der Waals surface area contributed by atoms with Gasteiger partial charge < -0.3 is 0 Å². The van der Waals surface area contributed by atoms with Crippen LogP contribution in [0.25, 0.3) is 0 Å². The van der Waals surface area contributed by atoms with Gasteiger partial charge in [-0.05, 0) is 38.1 Å². The van der Waals surface area contributed by atoms with Gasteiger partial charge in [0.05, 0.1) is 11.0 Å². The van der Waals surface area contributed by atoms with Gasteiger partial charge in [-0.15, -0.1) is 0 Å².